The van der Waals surface area contributed by atoms with Crippen LogP contribution in [0.4, 0.5) is 13.2 Å². The smallest absolute Gasteiger partial charge is 0.341 e. The molecule has 0 unspecified atom stereocenters. The number of rotatable bonds is 5. The second kappa shape index (κ2) is 8.31. The number of amides is 1. The van der Waals surface area contributed by atoms with E-state index in [9.17, 15) is 18.0 Å². The van der Waals surface area contributed by atoms with E-state index in [2.05, 4.69) is 5.10 Å². The first-order valence-electron chi connectivity index (χ1n) is 8.14. The van der Waals surface area contributed by atoms with Crippen LogP contribution in [0.3, 0.4) is 0 Å². The van der Waals surface area contributed by atoms with Gasteiger partial charge in [-0.05, 0) is 31.0 Å². The van der Waals surface area contributed by atoms with Crippen molar-refractivity contribution in [3.63, 3.8) is 0 Å². The summed E-state index contributed by atoms with van der Waals surface area (Å²) in [5, 5.41) is 3.83. The molecule has 1 amide bonds. The average molecular weight is 405 g/mol. The molecule has 150 valence electrons. The summed E-state index contributed by atoms with van der Waals surface area (Å²) in [5.41, 5.74) is 4.84. The van der Waals surface area contributed by atoms with Gasteiger partial charge >= 0.3 is 6.18 Å². The summed E-state index contributed by atoms with van der Waals surface area (Å²) in [5.74, 6) is -0.739. The monoisotopic (exact) mass is 404 g/mol. The number of carbonyl (C=O) groups is 1. The Kier molecular flexibility index (Phi) is 7.07. The Morgan fingerprint density at radius 2 is 1.78 bits per heavy atom. The van der Waals surface area contributed by atoms with Crippen LogP contribution in [0.25, 0.3) is 5.69 Å². The van der Waals surface area contributed by atoms with E-state index in [1.807, 2.05) is 20.8 Å². The minimum atomic E-state index is -4.73. The van der Waals surface area contributed by atoms with Crippen molar-refractivity contribution in [2.24, 2.45) is 11.1 Å². The number of aryl methyl sites for hydroxylation is 1. The van der Waals surface area contributed by atoms with Gasteiger partial charge < -0.3 is 10.6 Å². The highest BCUT2D eigenvalue weighted by Crippen LogP contribution is 2.34. The minimum Gasteiger partial charge on any atom is -0.341 e. The van der Waals surface area contributed by atoms with Crippen LogP contribution in [0, 0.1) is 12.3 Å². The zero-order valence-corrected chi connectivity index (χ0v) is 16.5. The van der Waals surface area contributed by atoms with Crippen LogP contribution >= 0.6 is 12.4 Å². The van der Waals surface area contributed by atoms with Crippen LogP contribution in [-0.2, 0) is 6.18 Å². The lowest BCUT2D eigenvalue weighted by Gasteiger charge is -2.29. The lowest BCUT2D eigenvalue weighted by molar-refractivity contribution is -0.143. The van der Waals surface area contributed by atoms with E-state index in [1.165, 1.54) is 24.1 Å². The Hall–Kier alpha value is -2.06. The third kappa shape index (κ3) is 5.23. The van der Waals surface area contributed by atoms with Gasteiger partial charge in [-0.2, -0.15) is 18.3 Å². The maximum absolute atomic E-state index is 13.7. The highest BCUT2D eigenvalue weighted by Gasteiger charge is 2.41. The molecule has 0 bridgehead atoms. The molecule has 0 fully saturated rings. The Bertz CT molecular complexity index is 785. The van der Waals surface area contributed by atoms with Gasteiger partial charge in [0.25, 0.3) is 5.91 Å². The predicted octanol–water partition coefficient (Wildman–Crippen LogP) is 3.68. The molecule has 2 rings (SSSR count). The van der Waals surface area contributed by atoms with Crippen molar-refractivity contribution in [3.05, 3.63) is 47.3 Å². The van der Waals surface area contributed by atoms with Crippen molar-refractivity contribution in [1.82, 2.24) is 14.7 Å². The number of nitrogens with zero attached hydrogens (tertiary/aromatic N) is 3. The highest BCUT2D eigenvalue weighted by atomic mass is 35.5. The standard InChI is InChI=1S/C18H23F3N4O.ClH/c1-12-5-7-13(8-6-12)25-15(18(19,20)21)14(9-23-25)16(26)24(4)11-17(2,3)10-22;/h5-9H,10-11,22H2,1-4H3;1H. The van der Waals surface area contributed by atoms with Gasteiger partial charge in [-0.3, -0.25) is 4.79 Å². The van der Waals surface area contributed by atoms with E-state index < -0.39 is 28.8 Å². The number of alkyl halides is 3. The average Bonchev–Trinajstić information content (AvgIpc) is 2.99. The number of benzene rings is 1. The van der Waals surface area contributed by atoms with Crippen LogP contribution in [0.15, 0.2) is 30.5 Å². The summed E-state index contributed by atoms with van der Waals surface area (Å²) in [6, 6.07) is 6.45. The van der Waals surface area contributed by atoms with Crippen molar-refractivity contribution in [2.45, 2.75) is 26.9 Å². The molecule has 1 aromatic heterocycles. The topological polar surface area (TPSA) is 64.2 Å². The molecular formula is C18H24ClF3N4O. The molecular weight excluding hydrogens is 381 g/mol. The molecule has 9 heteroatoms. The number of hydrogen-bond acceptors (Lipinski definition) is 3. The number of nitrogens with two attached hydrogens (primary N) is 1. The molecule has 2 aromatic rings. The van der Waals surface area contributed by atoms with Gasteiger partial charge in [-0.25, -0.2) is 4.68 Å². The second-order valence-electron chi connectivity index (χ2n) is 7.18. The van der Waals surface area contributed by atoms with E-state index in [0.717, 1.165) is 16.4 Å². The maximum atomic E-state index is 13.7. The van der Waals surface area contributed by atoms with E-state index >= 15 is 0 Å². The van der Waals surface area contributed by atoms with Crippen molar-refractivity contribution in [1.29, 1.82) is 0 Å². The predicted molar refractivity (Wildman–Crippen MR) is 100 cm³/mol. The van der Waals surface area contributed by atoms with E-state index in [1.54, 1.807) is 12.1 Å². The fourth-order valence-corrected chi connectivity index (χ4v) is 2.64. The van der Waals surface area contributed by atoms with E-state index in [0.29, 0.717) is 6.54 Å². The third-order valence-electron chi connectivity index (χ3n) is 4.11. The molecule has 0 aliphatic heterocycles. The van der Waals surface area contributed by atoms with Crippen molar-refractivity contribution in [2.75, 3.05) is 20.1 Å². The zero-order valence-electron chi connectivity index (χ0n) is 15.7. The van der Waals surface area contributed by atoms with Gasteiger partial charge in [0.05, 0.1) is 17.4 Å². The summed E-state index contributed by atoms with van der Waals surface area (Å²) in [4.78, 5) is 13.9. The van der Waals surface area contributed by atoms with Gasteiger partial charge in [0.1, 0.15) is 0 Å². The molecule has 0 aliphatic rings. The lowest BCUT2D eigenvalue weighted by Crippen LogP contribution is -2.40. The molecule has 27 heavy (non-hydrogen) atoms. The molecule has 0 saturated heterocycles. The molecule has 5 nitrogen and oxygen atoms in total. The van der Waals surface area contributed by atoms with Gasteiger partial charge in [0.2, 0.25) is 0 Å². The first-order valence-corrected chi connectivity index (χ1v) is 8.14. The zero-order chi connectivity index (χ0) is 19.7. The van der Waals surface area contributed by atoms with Gasteiger partial charge in [0.15, 0.2) is 5.69 Å². The van der Waals surface area contributed by atoms with Crippen molar-refractivity contribution < 1.29 is 18.0 Å². The van der Waals surface area contributed by atoms with Crippen LogP contribution in [-0.4, -0.2) is 40.7 Å². The summed E-state index contributed by atoms with van der Waals surface area (Å²) in [6.07, 6.45) is -3.76. The summed E-state index contributed by atoms with van der Waals surface area (Å²) < 4.78 is 41.8. The number of carbonyl (C=O) groups excluding carboxylic acids is 1. The molecule has 0 radical (unpaired) electrons. The molecule has 0 aliphatic carbocycles. The summed E-state index contributed by atoms with van der Waals surface area (Å²) >= 11 is 0. The number of hydrogen-bond donors (Lipinski definition) is 1. The Morgan fingerprint density at radius 3 is 2.26 bits per heavy atom. The van der Waals surface area contributed by atoms with Crippen molar-refractivity contribution in [3.8, 4) is 5.69 Å². The molecule has 0 spiro atoms. The first kappa shape index (κ1) is 23.0. The third-order valence-corrected chi connectivity index (χ3v) is 4.11. The Morgan fingerprint density at radius 1 is 1.22 bits per heavy atom. The summed E-state index contributed by atoms with van der Waals surface area (Å²) in [6.45, 7) is 6.06. The maximum Gasteiger partial charge on any atom is 0.434 e. The summed E-state index contributed by atoms with van der Waals surface area (Å²) in [7, 11) is 1.46. The molecule has 2 N–H and O–H groups in total. The molecule has 1 heterocycles. The fourth-order valence-electron chi connectivity index (χ4n) is 2.64. The van der Waals surface area contributed by atoms with Crippen LogP contribution in [0.1, 0.15) is 35.5 Å². The molecule has 0 saturated carbocycles. The van der Waals surface area contributed by atoms with Gasteiger partial charge in [0, 0.05) is 13.6 Å². The SMILES string of the molecule is Cc1ccc(-n2ncc(C(=O)N(C)CC(C)(C)CN)c2C(F)(F)F)cc1.Cl. The number of halogens is 4. The first-order chi connectivity index (χ1) is 12.0. The Balaban J connectivity index is 0.00000364. The normalized spacial score (nSPS) is 11.9. The quantitative estimate of drug-likeness (QED) is 0.826. The van der Waals surface area contributed by atoms with Crippen LogP contribution in [0.2, 0.25) is 0 Å². The van der Waals surface area contributed by atoms with E-state index in [-0.39, 0.29) is 24.6 Å². The van der Waals surface area contributed by atoms with E-state index in [4.69, 9.17) is 5.73 Å². The van der Waals surface area contributed by atoms with Crippen LogP contribution in [0.5, 0.6) is 0 Å². The lowest BCUT2D eigenvalue weighted by atomic mass is 9.93. The largest absolute Gasteiger partial charge is 0.434 e. The fraction of sp³-hybridized carbons (Fsp3) is 0.444. The Labute approximate surface area is 162 Å². The second-order valence-corrected chi connectivity index (χ2v) is 7.18. The van der Waals surface area contributed by atoms with Gasteiger partial charge in [-0.15, -0.1) is 12.4 Å². The molecule has 0 atom stereocenters. The van der Waals surface area contributed by atoms with Crippen molar-refractivity contribution >= 4 is 18.3 Å². The molecule has 1 aromatic carbocycles. The minimum absolute atomic E-state index is 0. The van der Waals surface area contributed by atoms with Gasteiger partial charge in [-0.1, -0.05) is 31.5 Å². The van der Waals surface area contributed by atoms with Crippen LogP contribution < -0.4 is 5.73 Å². The number of aromatic nitrogens is 2. The highest BCUT2D eigenvalue weighted by molar-refractivity contribution is 5.95.